The lowest BCUT2D eigenvalue weighted by Crippen LogP contribution is -2.45. The van der Waals surface area contributed by atoms with E-state index in [1.54, 1.807) is 6.20 Å². The van der Waals surface area contributed by atoms with Crippen molar-refractivity contribution >= 4 is 33.2 Å². The SMILES string of the molecule is Cc1ncc(CNC(=O)C2CCCN2S(=O)(=O)c2ccc(C(=O)O)o2)s1. The zero-order chi connectivity index (χ0) is 18.9. The van der Waals surface area contributed by atoms with Gasteiger partial charge in [-0.05, 0) is 31.9 Å². The van der Waals surface area contributed by atoms with E-state index in [4.69, 9.17) is 9.52 Å². The van der Waals surface area contributed by atoms with Crippen molar-refractivity contribution in [1.82, 2.24) is 14.6 Å². The first kappa shape index (κ1) is 18.5. The Kier molecular flexibility index (Phi) is 5.12. The Bertz CT molecular complexity index is 933. The number of nitrogens with one attached hydrogen (secondary N) is 1. The molecule has 0 saturated carbocycles. The van der Waals surface area contributed by atoms with Gasteiger partial charge in [-0.15, -0.1) is 11.3 Å². The minimum atomic E-state index is -4.09. The summed E-state index contributed by atoms with van der Waals surface area (Å²) in [6, 6.07) is 1.31. The highest BCUT2D eigenvalue weighted by Gasteiger charge is 2.41. The summed E-state index contributed by atoms with van der Waals surface area (Å²) in [5, 5.41) is 12.0. The van der Waals surface area contributed by atoms with E-state index in [1.807, 2.05) is 6.92 Å². The summed E-state index contributed by atoms with van der Waals surface area (Å²) >= 11 is 1.45. The smallest absolute Gasteiger partial charge is 0.371 e. The third-order valence-electron chi connectivity index (χ3n) is 3.97. The van der Waals surface area contributed by atoms with Crippen molar-refractivity contribution in [3.63, 3.8) is 0 Å². The van der Waals surface area contributed by atoms with Crippen molar-refractivity contribution in [2.75, 3.05) is 6.54 Å². The number of aromatic carboxylic acids is 1. The average molecular weight is 399 g/mol. The molecule has 1 aliphatic heterocycles. The van der Waals surface area contributed by atoms with Gasteiger partial charge < -0.3 is 14.8 Å². The zero-order valence-corrected chi connectivity index (χ0v) is 15.5. The molecular weight excluding hydrogens is 382 g/mol. The number of aromatic nitrogens is 1. The second-order valence-electron chi connectivity index (χ2n) is 5.76. The number of aryl methyl sites for hydroxylation is 1. The molecule has 1 aliphatic rings. The molecule has 0 bridgehead atoms. The highest BCUT2D eigenvalue weighted by Crippen LogP contribution is 2.27. The van der Waals surface area contributed by atoms with Crippen LogP contribution in [-0.2, 0) is 21.4 Å². The molecule has 1 atom stereocenters. The highest BCUT2D eigenvalue weighted by atomic mass is 32.2. The van der Waals surface area contributed by atoms with E-state index in [9.17, 15) is 18.0 Å². The molecule has 2 aromatic rings. The van der Waals surface area contributed by atoms with Crippen LogP contribution in [0.15, 0.2) is 27.8 Å². The molecule has 0 aromatic carbocycles. The Morgan fingerprint density at radius 3 is 2.85 bits per heavy atom. The molecule has 140 valence electrons. The first-order valence-corrected chi connectivity index (χ1v) is 10.1. The highest BCUT2D eigenvalue weighted by molar-refractivity contribution is 7.89. The van der Waals surface area contributed by atoms with Crippen molar-refractivity contribution in [2.45, 2.75) is 37.4 Å². The normalized spacial score (nSPS) is 18.1. The Morgan fingerprint density at radius 1 is 1.46 bits per heavy atom. The molecule has 1 fully saturated rings. The number of sulfonamides is 1. The molecule has 3 heterocycles. The Labute approximate surface area is 153 Å². The molecule has 0 aliphatic carbocycles. The fraction of sp³-hybridized carbons (Fsp3) is 0.400. The Morgan fingerprint density at radius 2 is 2.23 bits per heavy atom. The molecule has 26 heavy (non-hydrogen) atoms. The summed E-state index contributed by atoms with van der Waals surface area (Å²) in [4.78, 5) is 28.3. The number of hydrogen-bond acceptors (Lipinski definition) is 7. The van der Waals surface area contributed by atoms with Crippen LogP contribution >= 0.6 is 11.3 Å². The molecular formula is C15H17N3O6S2. The number of rotatable bonds is 6. The second kappa shape index (κ2) is 7.17. The number of furan rings is 1. The van der Waals surface area contributed by atoms with Crippen LogP contribution in [0.1, 0.15) is 33.3 Å². The number of amides is 1. The molecule has 1 saturated heterocycles. The van der Waals surface area contributed by atoms with Crippen LogP contribution in [0, 0.1) is 6.92 Å². The van der Waals surface area contributed by atoms with Gasteiger partial charge in [0.05, 0.1) is 11.6 Å². The second-order valence-corrected chi connectivity index (χ2v) is 8.90. The van der Waals surface area contributed by atoms with E-state index in [2.05, 4.69) is 10.3 Å². The fourth-order valence-electron chi connectivity index (χ4n) is 2.76. The third-order valence-corrected chi connectivity index (χ3v) is 6.66. The topological polar surface area (TPSA) is 130 Å². The molecule has 3 rings (SSSR count). The molecule has 9 nitrogen and oxygen atoms in total. The van der Waals surface area contributed by atoms with Crippen molar-refractivity contribution in [3.8, 4) is 0 Å². The van der Waals surface area contributed by atoms with Crippen molar-refractivity contribution in [1.29, 1.82) is 0 Å². The van der Waals surface area contributed by atoms with Crippen LogP contribution in [0.3, 0.4) is 0 Å². The van der Waals surface area contributed by atoms with Crippen LogP contribution in [-0.4, -0.2) is 47.3 Å². The minimum absolute atomic E-state index is 0.170. The molecule has 0 spiro atoms. The predicted molar refractivity (Wildman–Crippen MR) is 91.3 cm³/mol. The molecule has 2 N–H and O–H groups in total. The first-order valence-electron chi connectivity index (χ1n) is 7.83. The largest absolute Gasteiger partial charge is 0.475 e. The lowest BCUT2D eigenvalue weighted by atomic mass is 10.2. The molecule has 11 heteroatoms. The number of thiazole rings is 1. The maximum Gasteiger partial charge on any atom is 0.371 e. The van der Waals surface area contributed by atoms with Gasteiger partial charge in [0, 0.05) is 17.6 Å². The summed E-state index contributed by atoms with van der Waals surface area (Å²) in [5.41, 5.74) is 0. The summed E-state index contributed by atoms with van der Waals surface area (Å²) in [7, 11) is -4.09. The number of hydrogen-bond donors (Lipinski definition) is 2. The number of carbonyl (C=O) groups excluding carboxylic acids is 1. The maximum atomic E-state index is 12.7. The van der Waals surface area contributed by atoms with Crippen molar-refractivity contribution in [3.05, 3.63) is 34.0 Å². The van der Waals surface area contributed by atoms with Gasteiger partial charge in [0.1, 0.15) is 6.04 Å². The first-order chi connectivity index (χ1) is 12.3. The van der Waals surface area contributed by atoms with Crippen molar-refractivity contribution in [2.24, 2.45) is 0 Å². The maximum absolute atomic E-state index is 12.7. The minimum Gasteiger partial charge on any atom is -0.475 e. The van der Waals surface area contributed by atoms with Crippen LogP contribution in [0.2, 0.25) is 0 Å². The number of nitrogens with zero attached hydrogens (tertiary/aromatic N) is 2. The lowest BCUT2D eigenvalue weighted by molar-refractivity contribution is -0.124. The lowest BCUT2D eigenvalue weighted by Gasteiger charge is -2.22. The quantitative estimate of drug-likeness (QED) is 0.747. The standard InChI is InChI=1S/C15H17N3O6S2/c1-9-16-7-10(25-9)8-17-14(19)11-3-2-6-18(11)26(22,23)13-5-4-12(24-13)15(20)21/h4-5,7,11H,2-3,6,8H2,1H3,(H,17,19)(H,20,21). The van der Waals surface area contributed by atoms with Gasteiger partial charge in [-0.25, -0.2) is 18.2 Å². The predicted octanol–water partition coefficient (Wildman–Crippen LogP) is 1.21. The van der Waals surface area contributed by atoms with Gasteiger partial charge >= 0.3 is 5.97 Å². The van der Waals surface area contributed by atoms with Gasteiger partial charge in [0.15, 0.2) is 0 Å². The number of carboxylic acids is 1. The zero-order valence-electron chi connectivity index (χ0n) is 13.8. The molecule has 1 amide bonds. The Hall–Kier alpha value is -2.24. The monoisotopic (exact) mass is 399 g/mol. The summed E-state index contributed by atoms with van der Waals surface area (Å²) in [6.45, 7) is 2.30. The molecule has 0 radical (unpaired) electrons. The van der Waals surface area contributed by atoms with Gasteiger partial charge in [0.2, 0.25) is 16.8 Å². The summed E-state index contributed by atoms with van der Waals surface area (Å²) in [5.74, 6) is -2.23. The van der Waals surface area contributed by atoms with Crippen LogP contribution < -0.4 is 5.32 Å². The van der Waals surface area contributed by atoms with Gasteiger partial charge in [-0.2, -0.15) is 4.31 Å². The van der Waals surface area contributed by atoms with E-state index >= 15 is 0 Å². The van der Waals surface area contributed by atoms with E-state index in [0.29, 0.717) is 12.8 Å². The Balaban J connectivity index is 1.73. The third kappa shape index (κ3) is 3.64. The number of carboxylic acid groups (broad SMARTS) is 1. The fourth-order valence-corrected chi connectivity index (χ4v) is 5.06. The molecule has 2 aromatic heterocycles. The summed E-state index contributed by atoms with van der Waals surface area (Å²) < 4.78 is 31.4. The summed E-state index contributed by atoms with van der Waals surface area (Å²) in [6.07, 6.45) is 2.59. The number of carbonyl (C=O) groups is 2. The average Bonchev–Trinajstić information content (AvgIpc) is 3.32. The molecule has 1 unspecified atom stereocenters. The van der Waals surface area contributed by atoms with E-state index in [1.165, 1.54) is 11.3 Å². The van der Waals surface area contributed by atoms with Crippen molar-refractivity contribution < 1.29 is 27.5 Å². The van der Waals surface area contributed by atoms with E-state index in [-0.39, 0.29) is 13.1 Å². The van der Waals surface area contributed by atoms with Gasteiger partial charge in [-0.3, -0.25) is 4.79 Å². The van der Waals surface area contributed by atoms with E-state index in [0.717, 1.165) is 26.3 Å². The van der Waals surface area contributed by atoms with Crippen LogP contribution in [0.25, 0.3) is 0 Å². The van der Waals surface area contributed by atoms with Crippen LogP contribution in [0.4, 0.5) is 0 Å². The van der Waals surface area contributed by atoms with Crippen LogP contribution in [0.5, 0.6) is 0 Å². The van der Waals surface area contributed by atoms with Gasteiger partial charge in [-0.1, -0.05) is 0 Å². The van der Waals surface area contributed by atoms with E-state index < -0.39 is 38.8 Å². The van der Waals surface area contributed by atoms with Gasteiger partial charge in [0.25, 0.3) is 10.0 Å².